The van der Waals surface area contributed by atoms with Crippen molar-refractivity contribution >= 4 is 14.9 Å². The molecule has 0 aliphatic carbocycles. The second-order valence-electron chi connectivity index (χ2n) is 2.80. The van der Waals surface area contributed by atoms with E-state index in [9.17, 15) is 0 Å². The summed E-state index contributed by atoms with van der Waals surface area (Å²) in [6, 6.07) is 10.3. The first-order valence-electron chi connectivity index (χ1n) is 4.29. The van der Waals surface area contributed by atoms with Gasteiger partial charge in [0.2, 0.25) is 0 Å². The predicted octanol–water partition coefficient (Wildman–Crippen LogP) is 1.75. The molecule has 0 aromatic heterocycles. The highest BCUT2D eigenvalue weighted by Crippen LogP contribution is 1.93. The Morgan fingerprint density at radius 2 is 2.00 bits per heavy atom. The number of hydrogen-bond donors (Lipinski definition) is 0. The van der Waals surface area contributed by atoms with Crippen molar-refractivity contribution < 1.29 is 4.43 Å². The van der Waals surface area contributed by atoms with E-state index >= 15 is 0 Å². The number of benzene rings is 1. The minimum absolute atomic E-state index is 0.378. The molecule has 1 rings (SSSR count). The molecular weight excluding hydrogens is 164 g/mol. The smallest absolute Gasteiger partial charge is 0.269 e. The maximum Gasteiger partial charge on any atom is 0.269 e. The van der Waals surface area contributed by atoms with Crippen molar-refractivity contribution in [3.05, 3.63) is 30.3 Å². The van der Waals surface area contributed by atoms with E-state index in [4.69, 9.17) is 4.43 Å². The summed E-state index contributed by atoms with van der Waals surface area (Å²) >= 11 is 0. The Morgan fingerprint density at radius 1 is 1.33 bits per heavy atom. The molecule has 12 heavy (non-hydrogen) atoms. The van der Waals surface area contributed by atoms with E-state index < -0.39 is 0 Å². The van der Waals surface area contributed by atoms with Crippen molar-refractivity contribution in [2.24, 2.45) is 0 Å². The average Bonchev–Trinajstić information content (AvgIpc) is 2.16. The minimum Gasteiger partial charge on any atom is -0.409 e. The number of rotatable bonds is 4. The van der Waals surface area contributed by atoms with E-state index in [0.29, 0.717) is 15.9 Å². The molecule has 0 N–H and O–H groups in total. The van der Waals surface area contributed by atoms with Crippen molar-refractivity contribution in [2.75, 3.05) is 0 Å². The van der Waals surface area contributed by atoms with Crippen LogP contribution in [0.5, 0.6) is 0 Å². The van der Waals surface area contributed by atoms with Crippen LogP contribution < -0.4 is 5.19 Å². The molecule has 1 nitrogen and oxygen atoms in total. The van der Waals surface area contributed by atoms with Crippen LogP contribution in [0.2, 0.25) is 0 Å². The molecule has 0 aliphatic heterocycles. The fourth-order valence-electron chi connectivity index (χ4n) is 0.758. The fourth-order valence-corrected chi connectivity index (χ4v) is 1.59. The summed E-state index contributed by atoms with van der Waals surface area (Å²) in [4.78, 5) is 0. The zero-order valence-corrected chi connectivity index (χ0v) is 8.58. The van der Waals surface area contributed by atoms with Crippen molar-refractivity contribution in [1.29, 1.82) is 0 Å². The van der Waals surface area contributed by atoms with Crippen LogP contribution >= 0.6 is 0 Å². The van der Waals surface area contributed by atoms with Crippen molar-refractivity contribution in [3.63, 3.8) is 0 Å². The maximum atomic E-state index is 5.60. The lowest BCUT2D eigenvalue weighted by atomic mass is 10.3. The van der Waals surface area contributed by atoms with Crippen LogP contribution in [0.15, 0.2) is 30.3 Å². The highest BCUT2D eigenvalue weighted by Gasteiger charge is 2.00. The van der Waals surface area contributed by atoms with Gasteiger partial charge in [0.15, 0.2) is 0 Å². The molecule has 1 aromatic carbocycles. The standard InChI is InChI=1S/C10H14OSi/c1-3-9(2)11-12-10-7-5-4-6-8-10/h4-9H,3H2,1-2H3. The Kier molecular flexibility index (Phi) is 4.04. The third kappa shape index (κ3) is 3.20. The van der Waals surface area contributed by atoms with Crippen LogP contribution in [0.1, 0.15) is 20.3 Å². The summed E-state index contributed by atoms with van der Waals surface area (Å²) in [6.45, 7) is 4.25. The van der Waals surface area contributed by atoms with E-state index in [1.165, 1.54) is 5.19 Å². The van der Waals surface area contributed by atoms with Gasteiger partial charge in [0.05, 0.1) is 0 Å². The van der Waals surface area contributed by atoms with Gasteiger partial charge >= 0.3 is 0 Å². The molecule has 0 amide bonds. The Hall–Kier alpha value is -0.603. The molecule has 0 spiro atoms. The van der Waals surface area contributed by atoms with Gasteiger partial charge in [-0.1, -0.05) is 37.3 Å². The second kappa shape index (κ2) is 5.12. The summed E-state index contributed by atoms with van der Waals surface area (Å²) in [7, 11) is 0.492. The van der Waals surface area contributed by atoms with Crippen LogP contribution in [-0.2, 0) is 4.43 Å². The molecule has 0 saturated heterocycles. The van der Waals surface area contributed by atoms with Gasteiger partial charge in [-0.25, -0.2) is 0 Å². The van der Waals surface area contributed by atoms with E-state index in [0.717, 1.165) is 6.42 Å². The van der Waals surface area contributed by atoms with Crippen molar-refractivity contribution in [1.82, 2.24) is 0 Å². The largest absolute Gasteiger partial charge is 0.409 e. The molecule has 0 fully saturated rings. The highest BCUT2D eigenvalue weighted by molar-refractivity contribution is 6.46. The Bertz CT molecular complexity index is 210. The summed E-state index contributed by atoms with van der Waals surface area (Å²) in [6.07, 6.45) is 1.46. The normalized spacial score (nSPS) is 12.8. The first-order valence-corrected chi connectivity index (χ1v) is 5.20. The van der Waals surface area contributed by atoms with Crippen molar-refractivity contribution in [3.8, 4) is 0 Å². The zero-order valence-electron chi connectivity index (χ0n) is 7.58. The molecule has 0 heterocycles. The van der Waals surface area contributed by atoms with E-state index in [1.54, 1.807) is 0 Å². The molecule has 0 bridgehead atoms. The number of hydrogen-bond acceptors (Lipinski definition) is 1. The van der Waals surface area contributed by atoms with Gasteiger partial charge in [-0.05, 0) is 18.5 Å². The summed E-state index contributed by atoms with van der Waals surface area (Å²) in [5.74, 6) is 0. The van der Waals surface area contributed by atoms with E-state index in [-0.39, 0.29) is 0 Å². The van der Waals surface area contributed by atoms with Gasteiger partial charge in [-0.15, -0.1) is 0 Å². The lowest BCUT2D eigenvalue weighted by molar-refractivity contribution is 0.233. The Morgan fingerprint density at radius 3 is 2.58 bits per heavy atom. The lowest BCUT2D eigenvalue weighted by Crippen LogP contribution is -2.21. The van der Waals surface area contributed by atoms with E-state index in [2.05, 4.69) is 26.0 Å². The van der Waals surface area contributed by atoms with Gasteiger partial charge < -0.3 is 4.43 Å². The van der Waals surface area contributed by atoms with Gasteiger partial charge in [-0.2, -0.15) is 0 Å². The zero-order chi connectivity index (χ0) is 8.81. The first kappa shape index (κ1) is 9.48. The van der Waals surface area contributed by atoms with Crippen LogP contribution in [0.3, 0.4) is 0 Å². The topological polar surface area (TPSA) is 9.23 Å². The molecular formula is C10H14OSi. The van der Waals surface area contributed by atoms with E-state index in [1.807, 2.05) is 18.2 Å². The molecule has 1 aromatic rings. The average molecular weight is 178 g/mol. The second-order valence-corrected chi connectivity index (χ2v) is 3.82. The molecule has 1 atom stereocenters. The van der Waals surface area contributed by atoms with Crippen molar-refractivity contribution in [2.45, 2.75) is 26.4 Å². The minimum atomic E-state index is 0.378. The quantitative estimate of drug-likeness (QED) is 0.638. The molecule has 64 valence electrons. The molecule has 2 heteroatoms. The highest BCUT2D eigenvalue weighted by atomic mass is 28.2. The summed E-state index contributed by atoms with van der Waals surface area (Å²) in [5, 5.41) is 1.28. The first-order chi connectivity index (χ1) is 5.83. The lowest BCUT2D eigenvalue weighted by Gasteiger charge is -2.08. The molecule has 0 aliphatic rings. The van der Waals surface area contributed by atoms with Gasteiger partial charge in [0, 0.05) is 6.10 Å². The van der Waals surface area contributed by atoms with Gasteiger partial charge in [0.1, 0.15) is 0 Å². The van der Waals surface area contributed by atoms with Crippen LogP contribution in [-0.4, -0.2) is 15.9 Å². The van der Waals surface area contributed by atoms with Crippen LogP contribution in [0.4, 0.5) is 0 Å². The predicted molar refractivity (Wildman–Crippen MR) is 52.7 cm³/mol. The molecule has 2 radical (unpaired) electrons. The summed E-state index contributed by atoms with van der Waals surface area (Å²) < 4.78 is 5.60. The monoisotopic (exact) mass is 178 g/mol. The fraction of sp³-hybridized carbons (Fsp3) is 0.400. The third-order valence-corrected chi connectivity index (χ3v) is 2.82. The van der Waals surface area contributed by atoms with Gasteiger partial charge in [0.25, 0.3) is 9.76 Å². The molecule has 1 unspecified atom stereocenters. The molecule has 0 saturated carbocycles. The third-order valence-electron chi connectivity index (χ3n) is 1.73. The Labute approximate surface area is 76.7 Å². The summed E-state index contributed by atoms with van der Waals surface area (Å²) in [5.41, 5.74) is 0. The Balaban J connectivity index is 2.33. The van der Waals surface area contributed by atoms with Crippen LogP contribution in [0.25, 0.3) is 0 Å². The van der Waals surface area contributed by atoms with Gasteiger partial charge in [-0.3, -0.25) is 0 Å². The SMILES string of the molecule is CCC(C)O[Si]c1ccccc1. The maximum absolute atomic E-state index is 5.60. The van der Waals surface area contributed by atoms with Crippen LogP contribution in [0, 0.1) is 0 Å².